The number of hydrogen-bond donors (Lipinski definition) is 1. The summed E-state index contributed by atoms with van der Waals surface area (Å²) >= 11 is 5.82. The fourth-order valence-corrected chi connectivity index (χ4v) is 2.25. The fraction of sp³-hybridized carbons (Fsp3) is 0.500. The smallest absolute Gasteiger partial charge is 0.251 e. The van der Waals surface area contributed by atoms with Crippen LogP contribution in [0.5, 0.6) is 5.88 Å². The number of aromatic nitrogens is 1. The maximum atomic E-state index is 12.0. The first-order valence-corrected chi connectivity index (χ1v) is 6.09. The molecule has 17 heavy (non-hydrogen) atoms. The van der Waals surface area contributed by atoms with Gasteiger partial charge in [-0.3, -0.25) is 4.79 Å². The van der Waals surface area contributed by atoms with Gasteiger partial charge in [-0.05, 0) is 18.9 Å². The van der Waals surface area contributed by atoms with E-state index in [2.05, 4.69) is 10.3 Å². The van der Waals surface area contributed by atoms with Crippen LogP contribution in [-0.4, -0.2) is 24.0 Å². The Balaban J connectivity index is 2.09. The van der Waals surface area contributed by atoms with Gasteiger partial charge in [0, 0.05) is 17.7 Å². The van der Waals surface area contributed by atoms with Gasteiger partial charge in [-0.2, -0.15) is 0 Å². The van der Waals surface area contributed by atoms with E-state index in [1.54, 1.807) is 12.1 Å². The molecule has 1 heterocycles. The van der Waals surface area contributed by atoms with Crippen LogP contribution in [0, 0.1) is 0 Å². The standard InChI is InChI=1S/C12H15ClN2O2/c1-17-11-7-8(6-10(13)15-11)12(16)14-9-4-2-3-5-9/h6-7,9H,2-5H2,1H3,(H,14,16). The molecule has 0 aromatic carbocycles. The third kappa shape index (κ3) is 3.09. The number of carbonyl (C=O) groups excluding carboxylic acids is 1. The third-order valence-electron chi connectivity index (χ3n) is 2.93. The topological polar surface area (TPSA) is 51.2 Å². The van der Waals surface area contributed by atoms with Gasteiger partial charge < -0.3 is 10.1 Å². The molecule has 1 aliphatic rings. The lowest BCUT2D eigenvalue weighted by Gasteiger charge is -2.12. The average molecular weight is 255 g/mol. The molecule has 0 saturated heterocycles. The molecule has 1 amide bonds. The summed E-state index contributed by atoms with van der Waals surface area (Å²) in [6.07, 6.45) is 4.49. The van der Waals surface area contributed by atoms with Gasteiger partial charge in [-0.25, -0.2) is 4.98 Å². The Hall–Kier alpha value is -1.29. The van der Waals surface area contributed by atoms with Gasteiger partial charge in [-0.15, -0.1) is 0 Å². The van der Waals surface area contributed by atoms with Gasteiger partial charge in [0.2, 0.25) is 5.88 Å². The van der Waals surface area contributed by atoms with Crippen molar-refractivity contribution in [2.75, 3.05) is 7.11 Å². The number of halogens is 1. The van der Waals surface area contributed by atoms with E-state index in [1.807, 2.05) is 0 Å². The molecule has 92 valence electrons. The SMILES string of the molecule is COc1cc(C(=O)NC2CCCC2)cc(Cl)n1. The van der Waals surface area contributed by atoms with Crippen molar-refractivity contribution in [1.29, 1.82) is 0 Å². The van der Waals surface area contributed by atoms with E-state index in [-0.39, 0.29) is 11.1 Å². The van der Waals surface area contributed by atoms with Crippen LogP contribution >= 0.6 is 11.6 Å². The summed E-state index contributed by atoms with van der Waals surface area (Å²) in [5.41, 5.74) is 0.494. The molecule has 0 radical (unpaired) electrons. The van der Waals surface area contributed by atoms with E-state index in [0.717, 1.165) is 12.8 Å². The minimum Gasteiger partial charge on any atom is -0.481 e. The zero-order valence-corrected chi connectivity index (χ0v) is 10.5. The molecule has 1 aliphatic carbocycles. The predicted octanol–water partition coefficient (Wildman–Crippen LogP) is 2.42. The Labute approximate surface area is 105 Å². The van der Waals surface area contributed by atoms with E-state index in [4.69, 9.17) is 16.3 Å². The predicted molar refractivity (Wildman–Crippen MR) is 65.5 cm³/mol. The lowest BCUT2D eigenvalue weighted by atomic mass is 10.2. The summed E-state index contributed by atoms with van der Waals surface area (Å²) in [7, 11) is 1.50. The van der Waals surface area contributed by atoms with Gasteiger partial charge in [0.15, 0.2) is 0 Å². The molecule has 2 rings (SSSR count). The highest BCUT2D eigenvalue weighted by molar-refractivity contribution is 6.29. The molecule has 1 aromatic heterocycles. The Morgan fingerprint density at radius 1 is 1.47 bits per heavy atom. The zero-order chi connectivity index (χ0) is 12.3. The normalized spacial score (nSPS) is 15.9. The van der Waals surface area contributed by atoms with E-state index >= 15 is 0 Å². The van der Waals surface area contributed by atoms with Crippen LogP contribution in [0.1, 0.15) is 36.0 Å². The molecule has 1 aromatic rings. The van der Waals surface area contributed by atoms with E-state index in [9.17, 15) is 4.79 Å². The van der Waals surface area contributed by atoms with Crippen LogP contribution in [-0.2, 0) is 0 Å². The van der Waals surface area contributed by atoms with Crippen molar-refractivity contribution in [1.82, 2.24) is 10.3 Å². The number of pyridine rings is 1. The van der Waals surface area contributed by atoms with Gasteiger partial charge in [0.05, 0.1) is 7.11 Å². The van der Waals surface area contributed by atoms with Gasteiger partial charge in [0.25, 0.3) is 5.91 Å². The van der Waals surface area contributed by atoms with Crippen LogP contribution in [0.2, 0.25) is 5.15 Å². The minimum absolute atomic E-state index is 0.112. The first-order chi connectivity index (χ1) is 8.19. The maximum absolute atomic E-state index is 12.0. The first kappa shape index (κ1) is 12.2. The van der Waals surface area contributed by atoms with Crippen molar-refractivity contribution in [2.45, 2.75) is 31.7 Å². The summed E-state index contributed by atoms with van der Waals surface area (Å²) in [5.74, 6) is 0.244. The molecule has 0 atom stereocenters. The summed E-state index contributed by atoms with van der Waals surface area (Å²) in [6, 6.07) is 3.44. The number of rotatable bonds is 3. The summed E-state index contributed by atoms with van der Waals surface area (Å²) in [4.78, 5) is 15.9. The second-order valence-corrected chi connectivity index (χ2v) is 4.56. The lowest BCUT2D eigenvalue weighted by Crippen LogP contribution is -2.32. The Morgan fingerprint density at radius 2 is 2.18 bits per heavy atom. The van der Waals surface area contributed by atoms with Crippen LogP contribution < -0.4 is 10.1 Å². The first-order valence-electron chi connectivity index (χ1n) is 5.71. The van der Waals surface area contributed by atoms with E-state index < -0.39 is 0 Å². The molecule has 1 saturated carbocycles. The third-order valence-corrected chi connectivity index (χ3v) is 3.13. The van der Waals surface area contributed by atoms with Crippen LogP contribution in [0.4, 0.5) is 0 Å². The Bertz CT molecular complexity index is 417. The highest BCUT2D eigenvalue weighted by atomic mass is 35.5. The number of hydrogen-bond acceptors (Lipinski definition) is 3. The minimum atomic E-state index is -0.112. The summed E-state index contributed by atoms with van der Waals surface area (Å²) in [5, 5.41) is 3.26. The van der Waals surface area contributed by atoms with Crippen molar-refractivity contribution in [2.24, 2.45) is 0 Å². The molecule has 1 N–H and O–H groups in total. The van der Waals surface area contributed by atoms with Gasteiger partial charge in [0.1, 0.15) is 5.15 Å². The van der Waals surface area contributed by atoms with E-state index in [0.29, 0.717) is 17.5 Å². The van der Waals surface area contributed by atoms with Crippen LogP contribution in [0.3, 0.4) is 0 Å². The van der Waals surface area contributed by atoms with Crippen molar-refractivity contribution in [3.05, 3.63) is 22.8 Å². The number of carbonyl (C=O) groups is 1. The highest BCUT2D eigenvalue weighted by Crippen LogP contribution is 2.20. The molecule has 0 unspecified atom stereocenters. The largest absolute Gasteiger partial charge is 0.481 e. The molecule has 0 spiro atoms. The molecule has 0 bridgehead atoms. The van der Waals surface area contributed by atoms with Crippen LogP contribution in [0.15, 0.2) is 12.1 Å². The van der Waals surface area contributed by atoms with Crippen molar-refractivity contribution >= 4 is 17.5 Å². The van der Waals surface area contributed by atoms with E-state index in [1.165, 1.54) is 20.0 Å². The lowest BCUT2D eigenvalue weighted by molar-refractivity contribution is 0.0937. The monoisotopic (exact) mass is 254 g/mol. The molecular weight excluding hydrogens is 240 g/mol. The molecule has 4 nitrogen and oxygen atoms in total. The number of nitrogens with zero attached hydrogens (tertiary/aromatic N) is 1. The number of methoxy groups -OCH3 is 1. The molecule has 0 aliphatic heterocycles. The summed E-state index contributed by atoms with van der Waals surface area (Å²) in [6.45, 7) is 0. The quantitative estimate of drug-likeness (QED) is 0.843. The second-order valence-electron chi connectivity index (χ2n) is 4.18. The molecule has 1 fully saturated rings. The zero-order valence-electron chi connectivity index (χ0n) is 9.70. The number of nitrogens with one attached hydrogen (secondary N) is 1. The Kier molecular flexibility index (Phi) is 3.84. The molecule has 5 heteroatoms. The molecular formula is C12H15ClN2O2. The van der Waals surface area contributed by atoms with Crippen molar-refractivity contribution < 1.29 is 9.53 Å². The van der Waals surface area contributed by atoms with Gasteiger partial charge >= 0.3 is 0 Å². The maximum Gasteiger partial charge on any atom is 0.251 e. The highest BCUT2D eigenvalue weighted by Gasteiger charge is 2.18. The summed E-state index contributed by atoms with van der Waals surface area (Å²) < 4.78 is 4.98. The van der Waals surface area contributed by atoms with Crippen molar-refractivity contribution in [3.8, 4) is 5.88 Å². The van der Waals surface area contributed by atoms with Crippen molar-refractivity contribution in [3.63, 3.8) is 0 Å². The average Bonchev–Trinajstić information content (AvgIpc) is 2.81. The van der Waals surface area contributed by atoms with Crippen LogP contribution in [0.25, 0.3) is 0 Å². The fourth-order valence-electron chi connectivity index (χ4n) is 2.05. The Morgan fingerprint density at radius 3 is 2.82 bits per heavy atom. The number of ether oxygens (including phenoxy) is 1. The second kappa shape index (κ2) is 5.36. The van der Waals surface area contributed by atoms with Gasteiger partial charge in [-0.1, -0.05) is 24.4 Å². The number of amides is 1.